The van der Waals surface area contributed by atoms with Gasteiger partial charge in [-0.05, 0) is 41.4 Å². The fraction of sp³-hybridized carbons (Fsp3) is 0.294. The minimum Gasteiger partial charge on any atom is -0.427 e. The van der Waals surface area contributed by atoms with Crippen LogP contribution in [0.2, 0.25) is 5.02 Å². The van der Waals surface area contributed by atoms with Gasteiger partial charge < -0.3 is 15.2 Å². The normalized spacial score (nSPS) is 11.0. The quantitative estimate of drug-likeness (QED) is 0.397. The van der Waals surface area contributed by atoms with Crippen molar-refractivity contribution < 1.29 is 4.65 Å². The van der Waals surface area contributed by atoms with E-state index in [1.165, 1.54) is 0 Å². The molecule has 6 nitrogen and oxygen atoms in total. The van der Waals surface area contributed by atoms with E-state index >= 15 is 0 Å². The highest BCUT2D eigenvalue weighted by Crippen LogP contribution is 2.30. The Morgan fingerprint density at radius 2 is 2.08 bits per heavy atom. The van der Waals surface area contributed by atoms with Crippen molar-refractivity contribution >= 4 is 46.6 Å². The molecular formula is C17H20BBrClN5O. The zero-order valence-corrected chi connectivity index (χ0v) is 16.8. The molecule has 0 fully saturated rings. The van der Waals surface area contributed by atoms with E-state index in [1.807, 2.05) is 30.3 Å². The maximum absolute atomic E-state index is 6.35. The van der Waals surface area contributed by atoms with Crippen molar-refractivity contribution in [2.24, 2.45) is 0 Å². The fourth-order valence-corrected chi connectivity index (χ4v) is 3.22. The summed E-state index contributed by atoms with van der Waals surface area (Å²) in [5.74, 6) is 0.889. The topological polar surface area (TPSA) is 63.5 Å². The third-order valence-electron chi connectivity index (χ3n) is 3.91. The van der Waals surface area contributed by atoms with Crippen molar-refractivity contribution in [3.63, 3.8) is 0 Å². The minimum absolute atomic E-state index is 0.584. The summed E-state index contributed by atoms with van der Waals surface area (Å²) in [6.07, 6.45) is 3.84. The van der Waals surface area contributed by atoms with E-state index in [0.29, 0.717) is 12.6 Å². The van der Waals surface area contributed by atoms with Crippen LogP contribution in [0.3, 0.4) is 0 Å². The van der Waals surface area contributed by atoms with Crippen LogP contribution < -0.4 is 10.5 Å². The minimum atomic E-state index is 0.584. The van der Waals surface area contributed by atoms with E-state index in [4.69, 9.17) is 21.2 Å². The summed E-state index contributed by atoms with van der Waals surface area (Å²) in [5, 5.41) is 11.7. The first kappa shape index (κ1) is 19.2. The molecule has 26 heavy (non-hydrogen) atoms. The summed E-state index contributed by atoms with van der Waals surface area (Å²) in [4.78, 5) is 4.71. The second-order valence-corrected chi connectivity index (χ2v) is 7.06. The fourth-order valence-electron chi connectivity index (χ4n) is 2.63. The number of rotatable bonds is 9. The molecule has 0 spiro atoms. The third-order valence-corrected chi connectivity index (χ3v) is 4.80. The molecule has 136 valence electrons. The second kappa shape index (κ2) is 9.37. The van der Waals surface area contributed by atoms with Gasteiger partial charge in [0.1, 0.15) is 5.82 Å². The molecule has 0 amide bonds. The van der Waals surface area contributed by atoms with E-state index in [-0.39, 0.29) is 0 Å². The highest BCUT2D eigenvalue weighted by atomic mass is 79.9. The van der Waals surface area contributed by atoms with Crippen molar-refractivity contribution in [1.29, 1.82) is 0 Å². The summed E-state index contributed by atoms with van der Waals surface area (Å²) in [6, 6.07) is 9.69. The number of unbranched alkanes of at least 4 members (excludes halogenated alkanes) is 1. The molecule has 3 rings (SSSR count). The number of halogens is 2. The lowest BCUT2D eigenvalue weighted by Crippen LogP contribution is -2.22. The monoisotopic (exact) mass is 435 g/mol. The molecule has 9 heteroatoms. The summed E-state index contributed by atoms with van der Waals surface area (Å²) in [6.45, 7) is 1.77. The number of anilines is 1. The highest BCUT2D eigenvalue weighted by Gasteiger charge is 2.12. The van der Waals surface area contributed by atoms with Crippen LogP contribution in [0, 0.1) is 0 Å². The summed E-state index contributed by atoms with van der Waals surface area (Å²) >= 11 is 9.87. The van der Waals surface area contributed by atoms with Crippen molar-refractivity contribution in [2.45, 2.75) is 12.8 Å². The zero-order chi connectivity index (χ0) is 18.4. The van der Waals surface area contributed by atoms with Crippen molar-refractivity contribution in [1.82, 2.24) is 19.8 Å². The predicted octanol–water partition coefficient (Wildman–Crippen LogP) is 3.51. The van der Waals surface area contributed by atoms with E-state index in [1.54, 1.807) is 17.8 Å². The highest BCUT2D eigenvalue weighted by molar-refractivity contribution is 9.10. The lowest BCUT2D eigenvalue weighted by atomic mass is 10.1. The zero-order valence-electron chi connectivity index (χ0n) is 14.5. The van der Waals surface area contributed by atoms with Crippen molar-refractivity contribution in [2.75, 3.05) is 25.5 Å². The Bertz CT molecular complexity index is 875. The lowest BCUT2D eigenvalue weighted by Gasteiger charge is -2.11. The number of fused-ring (bicyclic) bond motifs is 1. The number of hydrogen-bond donors (Lipinski definition) is 2. The molecule has 0 unspecified atom stereocenters. The Balaban J connectivity index is 1.77. The van der Waals surface area contributed by atoms with E-state index in [9.17, 15) is 0 Å². The molecule has 0 saturated heterocycles. The molecule has 0 aliphatic rings. The van der Waals surface area contributed by atoms with Crippen LogP contribution in [0.15, 0.2) is 41.0 Å². The molecule has 0 atom stereocenters. The van der Waals surface area contributed by atoms with Gasteiger partial charge in [-0.25, -0.2) is 4.98 Å². The number of nitrogens with one attached hydrogen (secondary N) is 2. The van der Waals surface area contributed by atoms with Crippen LogP contribution >= 0.6 is 27.5 Å². The van der Waals surface area contributed by atoms with Crippen LogP contribution in [0.25, 0.3) is 16.9 Å². The van der Waals surface area contributed by atoms with Gasteiger partial charge >= 0.3 is 7.62 Å². The maximum Gasteiger partial charge on any atom is 0.360 e. The molecule has 0 radical (unpaired) electrons. The lowest BCUT2D eigenvalue weighted by molar-refractivity contribution is 0.430. The molecular weight excluding hydrogens is 416 g/mol. The van der Waals surface area contributed by atoms with Gasteiger partial charge in [-0.15, -0.1) is 0 Å². The molecule has 2 aromatic heterocycles. The smallest absolute Gasteiger partial charge is 0.360 e. The Morgan fingerprint density at radius 3 is 2.88 bits per heavy atom. The summed E-state index contributed by atoms with van der Waals surface area (Å²) in [7, 11) is 2.27. The van der Waals surface area contributed by atoms with Crippen LogP contribution in [-0.4, -0.2) is 42.4 Å². The summed E-state index contributed by atoms with van der Waals surface area (Å²) in [5.41, 5.74) is 2.47. The average Bonchev–Trinajstić information content (AvgIpc) is 3.02. The molecule has 2 heterocycles. The first-order chi connectivity index (χ1) is 12.7. The SMILES string of the molecule is COBNCCCCNc1cc(-c2ccccc2Cl)nc2c(Br)cnn12. The molecule has 2 N–H and O–H groups in total. The number of aromatic nitrogens is 3. The van der Waals surface area contributed by atoms with Gasteiger partial charge in [0.25, 0.3) is 0 Å². The number of benzene rings is 1. The van der Waals surface area contributed by atoms with E-state index in [2.05, 4.69) is 31.6 Å². The molecule has 0 aliphatic heterocycles. The Labute approximate surface area is 166 Å². The number of nitrogens with zero attached hydrogens (tertiary/aromatic N) is 3. The predicted molar refractivity (Wildman–Crippen MR) is 111 cm³/mol. The van der Waals surface area contributed by atoms with Crippen LogP contribution in [-0.2, 0) is 4.65 Å². The molecule has 3 aromatic rings. The second-order valence-electron chi connectivity index (χ2n) is 5.80. The number of hydrogen-bond acceptors (Lipinski definition) is 5. The largest absolute Gasteiger partial charge is 0.427 e. The van der Waals surface area contributed by atoms with Gasteiger partial charge in [-0.3, -0.25) is 0 Å². The Morgan fingerprint density at radius 1 is 1.27 bits per heavy atom. The van der Waals surface area contributed by atoms with Gasteiger partial charge in [-0.2, -0.15) is 9.61 Å². The maximum atomic E-state index is 6.35. The van der Waals surface area contributed by atoms with E-state index < -0.39 is 0 Å². The van der Waals surface area contributed by atoms with Gasteiger partial charge in [0.2, 0.25) is 0 Å². The molecule has 1 aromatic carbocycles. The Kier molecular flexibility index (Phi) is 6.90. The molecule has 0 bridgehead atoms. The first-order valence-electron chi connectivity index (χ1n) is 8.43. The van der Waals surface area contributed by atoms with Crippen molar-refractivity contribution in [3.05, 3.63) is 46.0 Å². The van der Waals surface area contributed by atoms with Gasteiger partial charge in [-0.1, -0.05) is 29.8 Å². The van der Waals surface area contributed by atoms with Crippen molar-refractivity contribution in [3.8, 4) is 11.3 Å². The third kappa shape index (κ3) is 4.56. The summed E-state index contributed by atoms with van der Waals surface area (Å²) < 4.78 is 7.62. The first-order valence-corrected chi connectivity index (χ1v) is 9.60. The van der Waals surface area contributed by atoms with Crippen LogP contribution in [0.5, 0.6) is 0 Å². The average molecular weight is 437 g/mol. The van der Waals surface area contributed by atoms with Crippen LogP contribution in [0.1, 0.15) is 12.8 Å². The van der Waals surface area contributed by atoms with Gasteiger partial charge in [0, 0.05) is 30.3 Å². The van der Waals surface area contributed by atoms with Gasteiger partial charge in [0.05, 0.1) is 16.4 Å². The Hall–Kier alpha value is -1.61. The van der Waals surface area contributed by atoms with E-state index in [0.717, 1.165) is 53.1 Å². The molecule has 0 saturated carbocycles. The molecule has 0 aliphatic carbocycles. The standard InChI is InChI=1S/C17H20BBrClN5O/c1-26-18-22-9-5-4-8-21-16-10-15(12-6-2-3-7-14(12)20)24-17-13(19)11-23-25(16)17/h2-3,6-7,10-11,18,21-22H,4-5,8-9H2,1H3. The van der Waals surface area contributed by atoms with Crippen LogP contribution in [0.4, 0.5) is 5.82 Å². The van der Waals surface area contributed by atoms with Gasteiger partial charge in [0.15, 0.2) is 5.65 Å².